The summed E-state index contributed by atoms with van der Waals surface area (Å²) in [7, 11) is 0. The summed E-state index contributed by atoms with van der Waals surface area (Å²) in [6.07, 6.45) is 0.744. The number of nitro groups is 1. The number of hydrogen-bond acceptors (Lipinski definition) is 4. The number of nitro benzene ring substituents is 1. The van der Waals surface area contributed by atoms with E-state index in [0.717, 1.165) is 5.56 Å². The Bertz CT molecular complexity index is 513. The first-order valence-electron chi connectivity index (χ1n) is 6.23. The Hall–Kier alpha value is -1.95. The minimum absolute atomic E-state index is 0.0653. The van der Waals surface area contributed by atoms with Crippen LogP contribution in [0.4, 0.5) is 5.69 Å². The summed E-state index contributed by atoms with van der Waals surface area (Å²) in [4.78, 5) is 24.1. The highest BCUT2D eigenvalue weighted by molar-refractivity contribution is 5.97. The molecule has 102 valence electrons. The molecular weight excluding hydrogens is 248 g/mol. The molecule has 1 aromatic carbocycles. The third-order valence-electron chi connectivity index (χ3n) is 3.29. The van der Waals surface area contributed by atoms with Gasteiger partial charge in [0.1, 0.15) is 0 Å². The molecule has 0 radical (unpaired) electrons. The van der Waals surface area contributed by atoms with Gasteiger partial charge in [-0.15, -0.1) is 0 Å². The molecule has 0 saturated heterocycles. The second kappa shape index (κ2) is 5.36. The summed E-state index contributed by atoms with van der Waals surface area (Å²) in [6, 6.07) is 4.42. The van der Waals surface area contributed by atoms with Gasteiger partial charge >= 0.3 is 0 Å². The third kappa shape index (κ3) is 2.90. The van der Waals surface area contributed by atoms with E-state index in [0.29, 0.717) is 31.5 Å². The summed E-state index contributed by atoms with van der Waals surface area (Å²) >= 11 is 0. The van der Waals surface area contributed by atoms with Gasteiger partial charge in [0.25, 0.3) is 11.6 Å². The lowest BCUT2D eigenvalue weighted by molar-refractivity contribution is -0.384. The molecule has 6 heteroatoms. The van der Waals surface area contributed by atoms with Crippen molar-refractivity contribution < 1.29 is 14.8 Å². The Labute approximate surface area is 110 Å². The van der Waals surface area contributed by atoms with E-state index in [1.165, 1.54) is 12.1 Å². The maximum atomic E-state index is 12.2. The van der Waals surface area contributed by atoms with Crippen molar-refractivity contribution in [3.63, 3.8) is 0 Å². The van der Waals surface area contributed by atoms with Crippen molar-refractivity contribution in [3.05, 3.63) is 39.4 Å². The molecule has 0 fully saturated rings. The van der Waals surface area contributed by atoms with Crippen LogP contribution in [0.5, 0.6) is 0 Å². The summed E-state index contributed by atoms with van der Waals surface area (Å²) in [6.45, 7) is 2.74. The van der Waals surface area contributed by atoms with Crippen LogP contribution in [0.1, 0.15) is 29.3 Å². The van der Waals surface area contributed by atoms with E-state index in [4.69, 9.17) is 0 Å². The summed E-state index contributed by atoms with van der Waals surface area (Å²) < 4.78 is 0. The highest BCUT2D eigenvalue weighted by atomic mass is 16.6. The minimum atomic E-state index is -0.498. The normalized spacial score (nSPS) is 16.1. The maximum absolute atomic E-state index is 12.2. The average molecular weight is 264 g/mol. The Morgan fingerprint density at radius 2 is 2.26 bits per heavy atom. The SMILES string of the molecule is CC(O)CCN1CCc2ccc([N+](=O)[O-])cc2C1=O. The van der Waals surface area contributed by atoms with E-state index in [1.54, 1.807) is 17.9 Å². The third-order valence-corrected chi connectivity index (χ3v) is 3.29. The average Bonchev–Trinajstić information content (AvgIpc) is 2.37. The lowest BCUT2D eigenvalue weighted by atomic mass is 9.98. The van der Waals surface area contributed by atoms with Crippen LogP contribution in [0, 0.1) is 10.1 Å². The fourth-order valence-corrected chi connectivity index (χ4v) is 2.18. The Kier molecular flexibility index (Phi) is 3.80. The largest absolute Gasteiger partial charge is 0.393 e. The molecule has 1 amide bonds. The lowest BCUT2D eigenvalue weighted by Gasteiger charge is -2.28. The van der Waals surface area contributed by atoms with Gasteiger partial charge in [-0.2, -0.15) is 0 Å². The van der Waals surface area contributed by atoms with Gasteiger partial charge in [-0.25, -0.2) is 0 Å². The number of non-ortho nitro benzene ring substituents is 1. The molecule has 1 aromatic rings. The van der Waals surface area contributed by atoms with Crippen molar-refractivity contribution in [2.45, 2.75) is 25.9 Å². The molecule has 1 aliphatic rings. The Balaban J connectivity index is 2.21. The summed E-state index contributed by atoms with van der Waals surface area (Å²) in [5.74, 6) is -0.189. The second-order valence-corrected chi connectivity index (χ2v) is 4.78. The zero-order valence-corrected chi connectivity index (χ0v) is 10.7. The molecule has 19 heavy (non-hydrogen) atoms. The van der Waals surface area contributed by atoms with Crippen molar-refractivity contribution >= 4 is 11.6 Å². The monoisotopic (exact) mass is 264 g/mol. The molecule has 1 atom stereocenters. The molecule has 6 nitrogen and oxygen atoms in total. The van der Waals surface area contributed by atoms with Gasteiger partial charge < -0.3 is 10.0 Å². The van der Waals surface area contributed by atoms with Crippen LogP contribution in [-0.2, 0) is 6.42 Å². The molecule has 1 unspecified atom stereocenters. The molecule has 1 aliphatic heterocycles. The zero-order valence-electron chi connectivity index (χ0n) is 10.7. The van der Waals surface area contributed by atoms with Crippen molar-refractivity contribution in [2.75, 3.05) is 13.1 Å². The highest BCUT2D eigenvalue weighted by Gasteiger charge is 2.26. The molecule has 0 aliphatic carbocycles. The predicted octanol–water partition coefficient (Wildman–Crippen LogP) is 1.36. The van der Waals surface area contributed by atoms with Crippen LogP contribution < -0.4 is 0 Å². The van der Waals surface area contributed by atoms with Gasteiger partial charge in [-0.05, 0) is 25.3 Å². The molecule has 0 aromatic heterocycles. The second-order valence-electron chi connectivity index (χ2n) is 4.78. The van der Waals surface area contributed by atoms with Gasteiger partial charge in [-0.1, -0.05) is 6.07 Å². The van der Waals surface area contributed by atoms with Crippen LogP contribution in [0.3, 0.4) is 0 Å². The number of nitrogens with zero attached hydrogens (tertiary/aromatic N) is 2. The Morgan fingerprint density at radius 3 is 2.89 bits per heavy atom. The number of rotatable bonds is 4. The molecule has 2 rings (SSSR count). The van der Waals surface area contributed by atoms with Crippen LogP contribution in [0.15, 0.2) is 18.2 Å². The number of amides is 1. The smallest absolute Gasteiger partial charge is 0.270 e. The predicted molar refractivity (Wildman–Crippen MR) is 69.0 cm³/mol. The minimum Gasteiger partial charge on any atom is -0.393 e. The maximum Gasteiger partial charge on any atom is 0.270 e. The first-order valence-corrected chi connectivity index (χ1v) is 6.23. The standard InChI is InChI=1S/C13H16N2O4/c1-9(16)4-6-14-7-5-10-2-3-11(15(18)19)8-12(10)13(14)17/h2-3,8-9,16H,4-7H2,1H3. The first kappa shape index (κ1) is 13.5. The molecule has 0 spiro atoms. The number of benzene rings is 1. The number of carbonyl (C=O) groups is 1. The number of fused-ring (bicyclic) bond motifs is 1. The van der Waals surface area contributed by atoms with Crippen molar-refractivity contribution in [1.82, 2.24) is 4.90 Å². The topological polar surface area (TPSA) is 83.7 Å². The van der Waals surface area contributed by atoms with Gasteiger partial charge in [0.05, 0.1) is 11.0 Å². The van der Waals surface area contributed by atoms with Crippen molar-refractivity contribution in [1.29, 1.82) is 0 Å². The molecule has 0 saturated carbocycles. The van der Waals surface area contributed by atoms with Gasteiger partial charge in [0, 0.05) is 30.8 Å². The van der Waals surface area contributed by atoms with Gasteiger partial charge in [0.2, 0.25) is 0 Å². The van der Waals surface area contributed by atoms with Crippen LogP contribution in [0.2, 0.25) is 0 Å². The quantitative estimate of drug-likeness (QED) is 0.657. The summed E-state index contributed by atoms with van der Waals surface area (Å²) in [5, 5.41) is 20.0. The van der Waals surface area contributed by atoms with Crippen LogP contribution in [-0.4, -0.2) is 40.0 Å². The van der Waals surface area contributed by atoms with E-state index in [-0.39, 0.29) is 11.6 Å². The fourth-order valence-electron chi connectivity index (χ4n) is 2.18. The highest BCUT2D eigenvalue weighted by Crippen LogP contribution is 2.24. The molecule has 0 bridgehead atoms. The van der Waals surface area contributed by atoms with Gasteiger partial charge in [-0.3, -0.25) is 14.9 Å². The van der Waals surface area contributed by atoms with E-state index >= 15 is 0 Å². The lowest BCUT2D eigenvalue weighted by Crippen LogP contribution is -2.39. The van der Waals surface area contributed by atoms with Crippen molar-refractivity contribution in [2.24, 2.45) is 0 Å². The first-order chi connectivity index (χ1) is 8.99. The van der Waals surface area contributed by atoms with E-state index in [2.05, 4.69) is 0 Å². The number of carbonyl (C=O) groups excluding carboxylic acids is 1. The number of aliphatic hydroxyl groups excluding tert-OH is 1. The van der Waals surface area contributed by atoms with Crippen LogP contribution in [0.25, 0.3) is 0 Å². The van der Waals surface area contributed by atoms with Gasteiger partial charge in [0.15, 0.2) is 0 Å². The van der Waals surface area contributed by atoms with E-state index in [1.807, 2.05) is 0 Å². The van der Waals surface area contributed by atoms with Crippen LogP contribution >= 0.6 is 0 Å². The Morgan fingerprint density at radius 1 is 1.53 bits per heavy atom. The molecule has 1 heterocycles. The van der Waals surface area contributed by atoms with E-state index < -0.39 is 11.0 Å². The van der Waals surface area contributed by atoms with E-state index in [9.17, 15) is 20.0 Å². The molecular formula is C13H16N2O4. The summed E-state index contributed by atoms with van der Waals surface area (Å²) in [5.41, 5.74) is 1.19. The zero-order chi connectivity index (χ0) is 14.0. The fraction of sp³-hybridized carbons (Fsp3) is 0.462. The molecule has 1 N–H and O–H groups in total. The number of hydrogen-bond donors (Lipinski definition) is 1. The van der Waals surface area contributed by atoms with Crippen molar-refractivity contribution in [3.8, 4) is 0 Å². The number of aliphatic hydroxyl groups is 1.